The first-order chi connectivity index (χ1) is 13.1. The highest BCUT2D eigenvalue weighted by Crippen LogP contribution is 2.22. The fourth-order valence-electron chi connectivity index (χ4n) is 3.35. The Morgan fingerprint density at radius 1 is 1.04 bits per heavy atom. The van der Waals surface area contributed by atoms with Crippen molar-refractivity contribution < 1.29 is 4.79 Å². The third kappa shape index (κ3) is 3.19. The van der Waals surface area contributed by atoms with Gasteiger partial charge in [0.1, 0.15) is 0 Å². The van der Waals surface area contributed by atoms with Crippen molar-refractivity contribution in [2.45, 2.75) is 19.9 Å². The second-order valence-electron chi connectivity index (χ2n) is 6.53. The predicted molar refractivity (Wildman–Crippen MR) is 106 cm³/mol. The van der Waals surface area contributed by atoms with Gasteiger partial charge in [-0.2, -0.15) is 5.10 Å². The van der Waals surface area contributed by atoms with Gasteiger partial charge in [0.25, 0.3) is 5.91 Å². The minimum atomic E-state index is -0.160. The van der Waals surface area contributed by atoms with Gasteiger partial charge in [0, 0.05) is 34.6 Å². The molecule has 1 amide bonds. The summed E-state index contributed by atoms with van der Waals surface area (Å²) in [7, 11) is 0. The number of pyridine rings is 1. The number of carbonyl (C=O) groups excluding carboxylic acids is 1. The molecule has 0 saturated heterocycles. The quantitative estimate of drug-likeness (QED) is 0.595. The molecule has 0 aliphatic carbocycles. The summed E-state index contributed by atoms with van der Waals surface area (Å²) in [6.45, 7) is 3.99. The summed E-state index contributed by atoms with van der Waals surface area (Å²) in [5.41, 5.74) is 3.65. The smallest absolute Gasteiger partial charge is 0.252 e. The van der Waals surface area contributed by atoms with E-state index in [0.717, 1.165) is 27.7 Å². The van der Waals surface area contributed by atoms with Crippen LogP contribution in [-0.4, -0.2) is 20.7 Å². The molecule has 0 spiro atoms. The van der Waals surface area contributed by atoms with Gasteiger partial charge in [-0.05, 0) is 43.5 Å². The first-order valence-electron chi connectivity index (χ1n) is 8.88. The molecule has 4 aromatic rings. The fourth-order valence-corrected chi connectivity index (χ4v) is 3.35. The van der Waals surface area contributed by atoms with Gasteiger partial charge >= 0.3 is 0 Å². The molecule has 4 rings (SSSR count). The van der Waals surface area contributed by atoms with Gasteiger partial charge in [-0.1, -0.05) is 30.3 Å². The second kappa shape index (κ2) is 7.03. The van der Waals surface area contributed by atoms with Gasteiger partial charge in [0.2, 0.25) is 0 Å². The molecule has 0 unspecified atom stereocenters. The molecule has 5 heteroatoms. The van der Waals surface area contributed by atoms with E-state index in [2.05, 4.69) is 15.4 Å². The number of fused-ring (bicyclic) bond motifs is 1. The number of nitrogens with one attached hydrogen (secondary N) is 1. The molecule has 5 nitrogen and oxygen atoms in total. The number of amides is 1. The Kier molecular flexibility index (Phi) is 4.42. The normalized spacial score (nSPS) is 12.1. The van der Waals surface area contributed by atoms with Gasteiger partial charge in [-0.25, -0.2) is 4.68 Å². The number of rotatable bonds is 4. The zero-order valence-corrected chi connectivity index (χ0v) is 15.3. The van der Waals surface area contributed by atoms with Crippen molar-refractivity contribution in [3.05, 3.63) is 90.0 Å². The Labute approximate surface area is 157 Å². The van der Waals surface area contributed by atoms with Crippen molar-refractivity contribution in [3.63, 3.8) is 0 Å². The third-order valence-corrected chi connectivity index (χ3v) is 4.79. The zero-order valence-electron chi connectivity index (χ0n) is 15.3. The molecule has 1 atom stereocenters. The molecule has 0 radical (unpaired) electrons. The Hall–Kier alpha value is -3.47. The molecule has 0 aliphatic rings. The van der Waals surface area contributed by atoms with E-state index in [1.807, 2.05) is 79.3 Å². The van der Waals surface area contributed by atoms with Crippen molar-refractivity contribution in [1.82, 2.24) is 20.1 Å². The van der Waals surface area contributed by atoms with Gasteiger partial charge in [-0.3, -0.25) is 9.78 Å². The van der Waals surface area contributed by atoms with Crippen LogP contribution in [0.3, 0.4) is 0 Å². The molecule has 0 aliphatic heterocycles. The molecule has 0 saturated carbocycles. The summed E-state index contributed by atoms with van der Waals surface area (Å²) in [5.74, 6) is -0.105. The van der Waals surface area contributed by atoms with Crippen LogP contribution in [0.5, 0.6) is 0 Å². The van der Waals surface area contributed by atoms with Crippen LogP contribution in [0.2, 0.25) is 0 Å². The average Bonchev–Trinajstić information content (AvgIpc) is 3.09. The largest absolute Gasteiger partial charge is 0.345 e. The van der Waals surface area contributed by atoms with Crippen LogP contribution in [0.4, 0.5) is 0 Å². The second-order valence-corrected chi connectivity index (χ2v) is 6.53. The monoisotopic (exact) mass is 356 g/mol. The molecular weight excluding hydrogens is 336 g/mol. The lowest BCUT2D eigenvalue weighted by molar-refractivity contribution is 0.0941. The van der Waals surface area contributed by atoms with Gasteiger partial charge < -0.3 is 5.32 Å². The highest BCUT2D eigenvalue weighted by atomic mass is 16.1. The lowest BCUT2D eigenvalue weighted by atomic mass is 10.0. The lowest BCUT2D eigenvalue weighted by Gasteiger charge is -2.15. The van der Waals surface area contributed by atoms with Gasteiger partial charge in [0.15, 0.2) is 0 Å². The SMILES string of the molecule is Cc1c([C@H](C)NC(=O)c2cccc3cnccc23)cnn1-c1ccccc1. The molecule has 27 heavy (non-hydrogen) atoms. The number of nitrogens with zero attached hydrogens (tertiary/aromatic N) is 3. The molecule has 0 fully saturated rings. The van der Waals surface area contributed by atoms with Gasteiger partial charge in [0.05, 0.1) is 17.9 Å². The van der Waals surface area contributed by atoms with Crippen LogP contribution < -0.4 is 5.32 Å². The Morgan fingerprint density at radius 3 is 2.67 bits per heavy atom. The molecule has 0 bridgehead atoms. The first-order valence-corrected chi connectivity index (χ1v) is 8.88. The summed E-state index contributed by atoms with van der Waals surface area (Å²) in [6, 6.07) is 17.3. The number of hydrogen-bond donors (Lipinski definition) is 1. The van der Waals surface area contributed by atoms with E-state index in [0.29, 0.717) is 5.56 Å². The van der Waals surface area contributed by atoms with E-state index in [1.165, 1.54) is 0 Å². The number of hydrogen-bond acceptors (Lipinski definition) is 3. The van der Waals surface area contributed by atoms with Crippen LogP contribution in [0.25, 0.3) is 16.5 Å². The number of para-hydroxylation sites is 1. The minimum Gasteiger partial charge on any atom is -0.345 e. The molecular formula is C22H20N4O. The maximum Gasteiger partial charge on any atom is 0.252 e. The van der Waals surface area contributed by atoms with E-state index in [1.54, 1.807) is 12.4 Å². The third-order valence-electron chi connectivity index (χ3n) is 4.79. The summed E-state index contributed by atoms with van der Waals surface area (Å²) in [4.78, 5) is 17.0. The maximum atomic E-state index is 12.9. The first kappa shape index (κ1) is 17.0. The highest BCUT2D eigenvalue weighted by Gasteiger charge is 2.18. The van der Waals surface area contributed by atoms with Crippen molar-refractivity contribution in [2.75, 3.05) is 0 Å². The number of carbonyl (C=O) groups is 1. The standard InChI is InChI=1S/C22H20N4O/c1-15(21-14-24-26(16(21)2)18-8-4-3-5-9-18)25-22(27)20-10-6-7-17-13-23-12-11-19(17)20/h3-15H,1-2H3,(H,25,27)/t15-/m0/s1. The topological polar surface area (TPSA) is 59.8 Å². The summed E-state index contributed by atoms with van der Waals surface area (Å²) in [6.07, 6.45) is 5.29. The Morgan fingerprint density at radius 2 is 1.85 bits per heavy atom. The summed E-state index contributed by atoms with van der Waals surface area (Å²) < 4.78 is 1.89. The zero-order chi connectivity index (χ0) is 18.8. The van der Waals surface area contributed by atoms with Gasteiger partial charge in [-0.15, -0.1) is 0 Å². The van der Waals surface area contributed by atoms with E-state index >= 15 is 0 Å². The van der Waals surface area contributed by atoms with Crippen LogP contribution in [0, 0.1) is 6.92 Å². The van der Waals surface area contributed by atoms with Crippen molar-refractivity contribution in [1.29, 1.82) is 0 Å². The number of benzene rings is 2. The molecule has 134 valence electrons. The van der Waals surface area contributed by atoms with E-state index < -0.39 is 0 Å². The minimum absolute atomic E-state index is 0.105. The predicted octanol–water partition coefficient (Wildman–Crippen LogP) is 4.22. The van der Waals surface area contributed by atoms with Crippen LogP contribution in [0.15, 0.2) is 73.2 Å². The van der Waals surface area contributed by atoms with E-state index in [4.69, 9.17) is 0 Å². The van der Waals surface area contributed by atoms with Crippen molar-refractivity contribution >= 4 is 16.7 Å². The van der Waals surface area contributed by atoms with Crippen LogP contribution in [-0.2, 0) is 0 Å². The maximum absolute atomic E-state index is 12.9. The fraction of sp³-hybridized carbons (Fsp3) is 0.136. The summed E-state index contributed by atoms with van der Waals surface area (Å²) in [5, 5.41) is 9.44. The molecule has 2 aromatic heterocycles. The Balaban J connectivity index is 1.60. The van der Waals surface area contributed by atoms with E-state index in [9.17, 15) is 4.79 Å². The average molecular weight is 356 g/mol. The number of aromatic nitrogens is 3. The Bertz CT molecular complexity index is 1100. The van der Waals surface area contributed by atoms with Crippen molar-refractivity contribution in [2.24, 2.45) is 0 Å². The van der Waals surface area contributed by atoms with Crippen LogP contribution >= 0.6 is 0 Å². The molecule has 1 N–H and O–H groups in total. The lowest BCUT2D eigenvalue weighted by Crippen LogP contribution is -2.27. The molecule has 2 aromatic carbocycles. The van der Waals surface area contributed by atoms with Crippen molar-refractivity contribution in [3.8, 4) is 5.69 Å². The summed E-state index contributed by atoms with van der Waals surface area (Å²) >= 11 is 0. The molecule has 2 heterocycles. The highest BCUT2D eigenvalue weighted by molar-refractivity contribution is 6.06. The van der Waals surface area contributed by atoms with E-state index in [-0.39, 0.29) is 11.9 Å². The van der Waals surface area contributed by atoms with Crippen LogP contribution in [0.1, 0.15) is 34.6 Å².